The van der Waals surface area contributed by atoms with Gasteiger partial charge in [0.15, 0.2) is 5.58 Å². The van der Waals surface area contributed by atoms with Crippen LogP contribution in [0.25, 0.3) is 21.8 Å². The molecule has 1 N–H and O–H groups in total. The molecule has 1 amide bonds. The third-order valence-electron chi connectivity index (χ3n) is 4.72. The highest BCUT2D eigenvalue weighted by atomic mass is 32.1. The highest BCUT2D eigenvalue weighted by Gasteiger charge is 2.15. The van der Waals surface area contributed by atoms with Crippen molar-refractivity contribution < 1.29 is 13.7 Å². The highest BCUT2D eigenvalue weighted by Crippen LogP contribution is 2.24. The third kappa shape index (κ3) is 3.90. The number of amides is 1. The Balaban J connectivity index is 1.34. The zero-order valence-corrected chi connectivity index (χ0v) is 17.0. The zero-order chi connectivity index (χ0) is 21.2. The van der Waals surface area contributed by atoms with Gasteiger partial charge >= 0.3 is 5.76 Å². The molecule has 8 nitrogen and oxygen atoms in total. The van der Waals surface area contributed by atoms with Crippen molar-refractivity contribution in [3.63, 3.8) is 0 Å². The van der Waals surface area contributed by atoms with Crippen molar-refractivity contribution >= 4 is 34.0 Å². The predicted molar refractivity (Wildman–Crippen MR) is 116 cm³/mol. The fourth-order valence-corrected chi connectivity index (χ4v) is 3.94. The first-order chi connectivity index (χ1) is 15.2. The fourth-order valence-electron chi connectivity index (χ4n) is 3.29. The molecule has 0 aliphatic rings. The molecular formula is C22H16N4O4S. The van der Waals surface area contributed by atoms with Gasteiger partial charge in [0.2, 0.25) is 17.6 Å². The van der Waals surface area contributed by atoms with Crippen LogP contribution in [-0.2, 0) is 17.8 Å². The van der Waals surface area contributed by atoms with E-state index in [0.717, 1.165) is 10.4 Å². The second-order valence-corrected chi connectivity index (χ2v) is 7.74. The second-order valence-electron chi connectivity index (χ2n) is 6.79. The lowest BCUT2D eigenvalue weighted by Crippen LogP contribution is -2.25. The van der Waals surface area contributed by atoms with Crippen LogP contribution < -0.4 is 11.1 Å². The van der Waals surface area contributed by atoms with E-state index in [1.165, 1.54) is 15.9 Å². The third-order valence-corrected chi connectivity index (χ3v) is 5.58. The summed E-state index contributed by atoms with van der Waals surface area (Å²) >= 11 is 1.53. The van der Waals surface area contributed by atoms with Crippen molar-refractivity contribution in [3.05, 3.63) is 88.0 Å². The number of carbonyl (C=O) groups is 1. The van der Waals surface area contributed by atoms with Crippen LogP contribution in [-0.4, -0.2) is 20.6 Å². The van der Waals surface area contributed by atoms with E-state index in [-0.39, 0.29) is 12.5 Å². The molecule has 3 heterocycles. The maximum absolute atomic E-state index is 12.7. The molecule has 5 rings (SSSR count). The Morgan fingerprint density at radius 2 is 1.90 bits per heavy atom. The maximum Gasteiger partial charge on any atom is 0.420 e. The fraction of sp³-hybridized carbons (Fsp3) is 0.0909. The lowest BCUT2D eigenvalue weighted by atomic mass is 10.1. The van der Waals surface area contributed by atoms with Crippen LogP contribution in [0, 0.1) is 0 Å². The second kappa shape index (κ2) is 8.04. The molecule has 9 heteroatoms. The first kappa shape index (κ1) is 19.0. The molecule has 0 fully saturated rings. The molecule has 0 saturated heterocycles. The van der Waals surface area contributed by atoms with Crippen LogP contribution >= 0.6 is 11.3 Å². The van der Waals surface area contributed by atoms with E-state index in [0.29, 0.717) is 34.9 Å². The Morgan fingerprint density at radius 3 is 2.77 bits per heavy atom. The largest absolute Gasteiger partial charge is 0.420 e. The Hall–Kier alpha value is -3.98. The summed E-state index contributed by atoms with van der Waals surface area (Å²) in [5.41, 5.74) is 2.45. The van der Waals surface area contributed by atoms with Crippen molar-refractivity contribution in [2.24, 2.45) is 0 Å². The molecule has 0 unspecified atom stereocenters. The molecule has 0 saturated carbocycles. The van der Waals surface area contributed by atoms with Crippen LogP contribution in [0.15, 0.2) is 79.8 Å². The summed E-state index contributed by atoms with van der Waals surface area (Å²) in [4.78, 5) is 30.2. The highest BCUT2D eigenvalue weighted by molar-refractivity contribution is 7.13. The van der Waals surface area contributed by atoms with E-state index < -0.39 is 5.76 Å². The minimum absolute atomic E-state index is 0.159. The maximum atomic E-state index is 12.7. The van der Waals surface area contributed by atoms with E-state index in [9.17, 15) is 9.59 Å². The van der Waals surface area contributed by atoms with Gasteiger partial charge in [0, 0.05) is 5.69 Å². The molecular weight excluding hydrogens is 416 g/mol. The molecule has 31 heavy (non-hydrogen) atoms. The molecule has 0 atom stereocenters. The van der Waals surface area contributed by atoms with E-state index >= 15 is 0 Å². The number of oxazole rings is 1. The van der Waals surface area contributed by atoms with Crippen LogP contribution in [0.2, 0.25) is 0 Å². The van der Waals surface area contributed by atoms with Gasteiger partial charge in [-0.15, -0.1) is 11.3 Å². The molecule has 0 spiro atoms. The summed E-state index contributed by atoms with van der Waals surface area (Å²) in [6, 6.07) is 18.2. The standard InChI is InChI=1S/C22H16N4O4S/c27-19(13-26-16-8-3-4-9-17(16)29-22(26)28)23-15-7-2-1-6-14(15)12-20-24-21(25-30-20)18-10-5-11-31-18/h1-11H,12-13H2,(H,23,27). The number of rotatable bonds is 6. The Kier molecular flexibility index (Phi) is 4.93. The summed E-state index contributed by atoms with van der Waals surface area (Å²) in [6.45, 7) is -0.159. The van der Waals surface area contributed by atoms with Crippen molar-refractivity contribution in [1.29, 1.82) is 0 Å². The number of thiophene rings is 1. The summed E-state index contributed by atoms with van der Waals surface area (Å²) < 4.78 is 11.9. The molecule has 0 radical (unpaired) electrons. The topological polar surface area (TPSA) is 103 Å². The average molecular weight is 432 g/mol. The Morgan fingerprint density at radius 1 is 1.06 bits per heavy atom. The molecule has 0 bridgehead atoms. The van der Waals surface area contributed by atoms with Gasteiger partial charge in [0.1, 0.15) is 6.54 Å². The number of para-hydroxylation sites is 3. The van der Waals surface area contributed by atoms with E-state index in [2.05, 4.69) is 15.5 Å². The van der Waals surface area contributed by atoms with Crippen molar-refractivity contribution in [1.82, 2.24) is 14.7 Å². The number of hydrogen-bond donors (Lipinski definition) is 1. The number of aromatic nitrogens is 3. The number of hydrogen-bond acceptors (Lipinski definition) is 7. The molecule has 2 aromatic carbocycles. The smallest absolute Gasteiger partial charge is 0.408 e. The Bertz CT molecular complexity index is 1410. The predicted octanol–water partition coefficient (Wildman–Crippen LogP) is 3.94. The Labute approximate surface area is 179 Å². The van der Waals surface area contributed by atoms with Gasteiger partial charge in [0.05, 0.1) is 16.8 Å². The van der Waals surface area contributed by atoms with Gasteiger partial charge in [0.25, 0.3) is 0 Å². The molecule has 0 aliphatic heterocycles. The van der Waals surface area contributed by atoms with Crippen LogP contribution in [0.4, 0.5) is 5.69 Å². The molecule has 0 aliphatic carbocycles. The van der Waals surface area contributed by atoms with E-state index in [1.807, 2.05) is 35.7 Å². The van der Waals surface area contributed by atoms with Crippen LogP contribution in [0.3, 0.4) is 0 Å². The summed E-state index contributed by atoms with van der Waals surface area (Å²) in [5.74, 6) is 0.0717. The van der Waals surface area contributed by atoms with E-state index in [4.69, 9.17) is 8.94 Å². The summed E-state index contributed by atoms with van der Waals surface area (Å²) in [5, 5.41) is 8.84. The monoisotopic (exact) mass is 432 g/mol. The normalized spacial score (nSPS) is 11.1. The lowest BCUT2D eigenvalue weighted by Gasteiger charge is -2.10. The first-order valence-corrected chi connectivity index (χ1v) is 10.4. The lowest BCUT2D eigenvalue weighted by molar-refractivity contribution is -0.116. The first-order valence-electron chi connectivity index (χ1n) is 9.50. The number of nitrogens with zero attached hydrogens (tertiary/aromatic N) is 3. The van der Waals surface area contributed by atoms with Crippen LogP contribution in [0.5, 0.6) is 0 Å². The van der Waals surface area contributed by atoms with Gasteiger partial charge in [-0.1, -0.05) is 41.6 Å². The SMILES string of the molecule is O=C(Cn1c(=O)oc2ccccc21)Nc1ccccc1Cc1nc(-c2cccs2)no1. The summed E-state index contributed by atoms with van der Waals surface area (Å²) in [7, 11) is 0. The zero-order valence-electron chi connectivity index (χ0n) is 16.1. The van der Waals surface area contributed by atoms with Gasteiger partial charge in [-0.2, -0.15) is 4.98 Å². The van der Waals surface area contributed by atoms with Gasteiger partial charge in [-0.05, 0) is 35.2 Å². The molecule has 5 aromatic rings. The minimum Gasteiger partial charge on any atom is -0.408 e. The van der Waals surface area contributed by atoms with Crippen LogP contribution in [0.1, 0.15) is 11.5 Å². The number of nitrogens with one attached hydrogen (secondary N) is 1. The quantitative estimate of drug-likeness (QED) is 0.436. The molecule has 154 valence electrons. The number of benzene rings is 2. The van der Waals surface area contributed by atoms with Gasteiger partial charge in [-0.25, -0.2) is 4.79 Å². The van der Waals surface area contributed by atoms with E-state index in [1.54, 1.807) is 30.3 Å². The number of carbonyl (C=O) groups excluding carboxylic acids is 1. The van der Waals surface area contributed by atoms with Crippen molar-refractivity contribution in [2.75, 3.05) is 5.32 Å². The average Bonchev–Trinajstić information content (AvgIpc) is 3.51. The molecule has 3 aromatic heterocycles. The summed E-state index contributed by atoms with van der Waals surface area (Å²) in [6.07, 6.45) is 0.365. The number of anilines is 1. The number of fused-ring (bicyclic) bond motifs is 1. The van der Waals surface area contributed by atoms with Crippen molar-refractivity contribution in [3.8, 4) is 10.7 Å². The minimum atomic E-state index is -0.573. The van der Waals surface area contributed by atoms with Gasteiger partial charge in [-0.3, -0.25) is 9.36 Å². The van der Waals surface area contributed by atoms with Crippen molar-refractivity contribution in [2.45, 2.75) is 13.0 Å². The van der Waals surface area contributed by atoms with Gasteiger partial charge < -0.3 is 14.3 Å².